The van der Waals surface area contributed by atoms with Gasteiger partial charge in [0.15, 0.2) is 5.82 Å². The Balaban J connectivity index is 1.59. The molecule has 0 spiro atoms. The van der Waals surface area contributed by atoms with Gasteiger partial charge in [0.1, 0.15) is 0 Å². The number of aromatic nitrogens is 2. The van der Waals surface area contributed by atoms with E-state index in [2.05, 4.69) is 22.4 Å². The molecule has 0 aromatic carbocycles. The zero-order valence-corrected chi connectivity index (χ0v) is 9.78. The highest BCUT2D eigenvalue weighted by molar-refractivity contribution is 5.07. The van der Waals surface area contributed by atoms with Crippen molar-refractivity contribution in [3.05, 3.63) is 11.7 Å². The average molecular weight is 221 g/mol. The summed E-state index contributed by atoms with van der Waals surface area (Å²) in [5.41, 5.74) is 0. The number of hydrogen-bond donors (Lipinski definition) is 1. The quantitative estimate of drug-likeness (QED) is 0.844. The van der Waals surface area contributed by atoms with Crippen molar-refractivity contribution in [2.24, 2.45) is 11.8 Å². The van der Waals surface area contributed by atoms with E-state index in [9.17, 15) is 0 Å². The van der Waals surface area contributed by atoms with Gasteiger partial charge in [0.05, 0.1) is 0 Å². The van der Waals surface area contributed by atoms with E-state index >= 15 is 0 Å². The van der Waals surface area contributed by atoms with Crippen molar-refractivity contribution >= 4 is 0 Å². The summed E-state index contributed by atoms with van der Waals surface area (Å²) in [5, 5.41) is 7.47. The molecule has 1 saturated heterocycles. The van der Waals surface area contributed by atoms with Crippen LogP contribution in [0.1, 0.15) is 43.8 Å². The normalized spacial score (nSPS) is 30.6. The number of piperidine rings is 1. The fraction of sp³-hybridized carbons (Fsp3) is 0.833. The van der Waals surface area contributed by atoms with Crippen LogP contribution in [0, 0.1) is 11.8 Å². The first-order chi connectivity index (χ1) is 7.83. The Kier molecular flexibility index (Phi) is 2.67. The van der Waals surface area contributed by atoms with E-state index in [-0.39, 0.29) is 0 Å². The number of nitrogens with zero attached hydrogens (tertiary/aromatic N) is 2. The highest BCUT2D eigenvalue weighted by atomic mass is 16.5. The Morgan fingerprint density at radius 1 is 1.38 bits per heavy atom. The van der Waals surface area contributed by atoms with Crippen LogP contribution in [-0.2, 0) is 6.42 Å². The molecule has 2 atom stereocenters. The molecule has 1 aromatic heterocycles. The third-order valence-corrected chi connectivity index (χ3v) is 3.85. The van der Waals surface area contributed by atoms with Crippen LogP contribution >= 0.6 is 0 Å². The summed E-state index contributed by atoms with van der Waals surface area (Å²) in [6, 6.07) is 0. The van der Waals surface area contributed by atoms with Crippen molar-refractivity contribution in [3.63, 3.8) is 0 Å². The molecule has 0 amide bonds. The molecule has 16 heavy (non-hydrogen) atoms. The SMILES string of the molecule is C[C@@H]1C[C@@H]1c1noc(CC2CCNCC2)n1. The molecule has 0 unspecified atom stereocenters. The first-order valence-electron chi connectivity index (χ1n) is 6.36. The van der Waals surface area contributed by atoms with Crippen molar-refractivity contribution in [1.82, 2.24) is 15.5 Å². The predicted octanol–water partition coefficient (Wildman–Crippen LogP) is 1.74. The monoisotopic (exact) mass is 221 g/mol. The van der Waals surface area contributed by atoms with Crippen LogP contribution < -0.4 is 5.32 Å². The smallest absolute Gasteiger partial charge is 0.226 e. The van der Waals surface area contributed by atoms with Crippen LogP contribution in [0.2, 0.25) is 0 Å². The fourth-order valence-electron chi connectivity index (χ4n) is 2.52. The third-order valence-electron chi connectivity index (χ3n) is 3.85. The molecule has 2 fully saturated rings. The van der Waals surface area contributed by atoms with E-state index in [1.165, 1.54) is 19.3 Å². The Morgan fingerprint density at radius 2 is 2.12 bits per heavy atom. The van der Waals surface area contributed by atoms with E-state index in [1.807, 2.05) is 0 Å². The van der Waals surface area contributed by atoms with Crippen LogP contribution in [-0.4, -0.2) is 23.2 Å². The molecule has 1 aliphatic carbocycles. The summed E-state index contributed by atoms with van der Waals surface area (Å²) in [4.78, 5) is 4.52. The topological polar surface area (TPSA) is 51.0 Å². The van der Waals surface area contributed by atoms with Gasteiger partial charge in [0.25, 0.3) is 0 Å². The first kappa shape index (κ1) is 10.3. The van der Waals surface area contributed by atoms with E-state index in [0.717, 1.165) is 43.1 Å². The largest absolute Gasteiger partial charge is 0.339 e. The molecule has 0 radical (unpaired) electrons. The lowest BCUT2D eigenvalue weighted by molar-refractivity contribution is 0.312. The van der Waals surface area contributed by atoms with Gasteiger partial charge in [-0.1, -0.05) is 12.1 Å². The minimum Gasteiger partial charge on any atom is -0.339 e. The Bertz CT molecular complexity index is 357. The molecule has 88 valence electrons. The lowest BCUT2D eigenvalue weighted by Crippen LogP contribution is -2.28. The highest BCUT2D eigenvalue weighted by Gasteiger charge is 2.38. The molecule has 2 heterocycles. The van der Waals surface area contributed by atoms with Crippen molar-refractivity contribution in [1.29, 1.82) is 0 Å². The van der Waals surface area contributed by atoms with Crippen molar-refractivity contribution in [2.45, 2.75) is 38.5 Å². The molecule has 0 bridgehead atoms. The average Bonchev–Trinajstić information content (AvgIpc) is 2.86. The number of rotatable bonds is 3. The summed E-state index contributed by atoms with van der Waals surface area (Å²) in [7, 11) is 0. The van der Waals surface area contributed by atoms with Crippen LogP contribution in [0.25, 0.3) is 0 Å². The number of hydrogen-bond acceptors (Lipinski definition) is 4. The van der Waals surface area contributed by atoms with Gasteiger partial charge < -0.3 is 9.84 Å². The summed E-state index contributed by atoms with van der Waals surface area (Å²) in [6.45, 7) is 4.50. The van der Waals surface area contributed by atoms with Gasteiger partial charge in [-0.2, -0.15) is 4.98 Å². The van der Waals surface area contributed by atoms with Crippen LogP contribution in [0.15, 0.2) is 4.52 Å². The van der Waals surface area contributed by atoms with Crippen molar-refractivity contribution < 1.29 is 4.52 Å². The number of nitrogens with one attached hydrogen (secondary N) is 1. The second-order valence-electron chi connectivity index (χ2n) is 5.26. The summed E-state index contributed by atoms with van der Waals surface area (Å²) in [6.07, 6.45) is 4.66. The van der Waals surface area contributed by atoms with Gasteiger partial charge in [-0.05, 0) is 44.2 Å². The Hall–Kier alpha value is -0.900. The van der Waals surface area contributed by atoms with Crippen molar-refractivity contribution in [2.75, 3.05) is 13.1 Å². The zero-order valence-electron chi connectivity index (χ0n) is 9.78. The van der Waals surface area contributed by atoms with Crippen LogP contribution in [0.3, 0.4) is 0 Å². The summed E-state index contributed by atoms with van der Waals surface area (Å²) >= 11 is 0. The minimum absolute atomic E-state index is 0.575. The van der Waals surface area contributed by atoms with E-state index in [0.29, 0.717) is 5.92 Å². The molecule has 4 nitrogen and oxygen atoms in total. The van der Waals surface area contributed by atoms with E-state index < -0.39 is 0 Å². The molecule has 1 aliphatic heterocycles. The van der Waals surface area contributed by atoms with E-state index in [1.54, 1.807) is 0 Å². The van der Waals surface area contributed by atoms with Crippen LogP contribution in [0.5, 0.6) is 0 Å². The van der Waals surface area contributed by atoms with E-state index in [4.69, 9.17) is 4.52 Å². The summed E-state index contributed by atoms with van der Waals surface area (Å²) < 4.78 is 5.34. The molecular formula is C12H19N3O. The summed E-state index contributed by atoms with van der Waals surface area (Å²) in [5.74, 6) is 3.85. The molecule has 2 aliphatic rings. The molecule has 3 rings (SSSR count). The van der Waals surface area contributed by atoms with Gasteiger partial charge in [-0.3, -0.25) is 0 Å². The van der Waals surface area contributed by atoms with Gasteiger partial charge in [-0.25, -0.2) is 0 Å². The highest BCUT2D eigenvalue weighted by Crippen LogP contribution is 2.45. The molecular weight excluding hydrogens is 202 g/mol. The standard InChI is InChI=1S/C12H19N3O/c1-8-6-10(8)12-14-11(16-15-12)7-9-2-4-13-5-3-9/h8-10,13H,2-7H2,1H3/t8-,10+/m1/s1. The maximum Gasteiger partial charge on any atom is 0.226 e. The predicted molar refractivity (Wildman–Crippen MR) is 60.1 cm³/mol. The Labute approximate surface area is 95.8 Å². The minimum atomic E-state index is 0.575. The fourth-order valence-corrected chi connectivity index (χ4v) is 2.52. The lowest BCUT2D eigenvalue weighted by atomic mass is 9.95. The second-order valence-corrected chi connectivity index (χ2v) is 5.26. The maximum absolute atomic E-state index is 5.34. The Morgan fingerprint density at radius 3 is 2.81 bits per heavy atom. The molecule has 1 aromatic rings. The lowest BCUT2D eigenvalue weighted by Gasteiger charge is -2.20. The third kappa shape index (κ3) is 2.12. The van der Waals surface area contributed by atoms with Gasteiger partial charge in [-0.15, -0.1) is 0 Å². The molecule has 1 N–H and O–H groups in total. The molecule has 4 heteroatoms. The van der Waals surface area contributed by atoms with Crippen LogP contribution in [0.4, 0.5) is 0 Å². The van der Waals surface area contributed by atoms with Gasteiger partial charge >= 0.3 is 0 Å². The maximum atomic E-state index is 5.34. The van der Waals surface area contributed by atoms with Crippen molar-refractivity contribution in [3.8, 4) is 0 Å². The van der Waals surface area contributed by atoms with Gasteiger partial charge in [0, 0.05) is 12.3 Å². The second kappa shape index (κ2) is 4.17. The zero-order chi connectivity index (χ0) is 11.0. The van der Waals surface area contributed by atoms with Gasteiger partial charge in [0.2, 0.25) is 5.89 Å². The first-order valence-corrected chi connectivity index (χ1v) is 6.36. The molecule has 1 saturated carbocycles.